The Hall–Kier alpha value is -0.280. The van der Waals surface area contributed by atoms with Gasteiger partial charge in [-0.1, -0.05) is 13.8 Å². The minimum Gasteiger partial charge on any atom is -0.348 e. The molecule has 0 unspecified atom stereocenters. The highest BCUT2D eigenvalue weighted by molar-refractivity contribution is 7.13. The molecule has 1 aromatic heterocycles. The van der Waals surface area contributed by atoms with Gasteiger partial charge in [0, 0.05) is 18.5 Å². The molecule has 0 amide bonds. The van der Waals surface area contributed by atoms with E-state index in [0.717, 1.165) is 23.9 Å². The van der Waals surface area contributed by atoms with Crippen molar-refractivity contribution in [3.63, 3.8) is 0 Å². The summed E-state index contributed by atoms with van der Waals surface area (Å²) >= 11 is 7.43. The molecular formula is C10H15ClN2S. The molecule has 14 heavy (non-hydrogen) atoms. The highest BCUT2D eigenvalue weighted by Crippen LogP contribution is 2.33. The van der Waals surface area contributed by atoms with E-state index >= 15 is 0 Å². The zero-order valence-electron chi connectivity index (χ0n) is 8.59. The lowest BCUT2D eigenvalue weighted by Crippen LogP contribution is -2.22. The monoisotopic (exact) mass is 230 g/mol. The summed E-state index contributed by atoms with van der Waals surface area (Å²) in [6, 6.07) is 0. The Bertz CT molecular complexity index is 322. The fraction of sp³-hybridized carbons (Fsp3) is 0.700. The van der Waals surface area contributed by atoms with Gasteiger partial charge in [-0.15, -0.1) is 22.9 Å². The predicted molar refractivity (Wildman–Crippen MR) is 62.3 cm³/mol. The number of aromatic nitrogens is 1. The highest BCUT2D eigenvalue weighted by atomic mass is 35.5. The van der Waals surface area contributed by atoms with Crippen LogP contribution < -0.4 is 4.90 Å². The quantitative estimate of drug-likeness (QED) is 0.726. The molecule has 0 N–H and O–H groups in total. The normalized spacial score (nSPS) is 20.4. The van der Waals surface area contributed by atoms with Crippen LogP contribution in [0.5, 0.6) is 0 Å². The number of thiazole rings is 1. The lowest BCUT2D eigenvalue weighted by molar-refractivity contribution is 0.418. The number of alkyl halides is 1. The van der Waals surface area contributed by atoms with Crippen molar-refractivity contribution in [2.45, 2.75) is 26.1 Å². The molecule has 0 spiro atoms. The molecule has 2 nitrogen and oxygen atoms in total. The van der Waals surface area contributed by atoms with E-state index in [0.29, 0.717) is 11.3 Å². The Morgan fingerprint density at radius 1 is 1.64 bits per heavy atom. The van der Waals surface area contributed by atoms with Crippen molar-refractivity contribution in [2.24, 2.45) is 5.41 Å². The second kappa shape index (κ2) is 3.70. The first-order valence-electron chi connectivity index (χ1n) is 4.86. The number of hydrogen-bond acceptors (Lipinski definition) is 3. The summed E-state index contributed by atoms with van der Waals surface area (Å²) in [6.07, 6.45) is 1.25. The number of rotatable bonds is 2. The fourth-order valence-electron chi connectivity index (χ4n) is 1.78. The van der Waals surface area contributed by atoms with E-state index in [1.807, 2.05) is 5.38 Å². The van der Waals surface area contributed by atoms with Gasteiger partial charge >= 0.3 is 0 Å². The highest BCUT2D eigenvalue weighted by Gasteiger charge is 2.30. The number of anilines is 1. The summed E-state index contributed by atoms with van der Waals surface area (Å²) in [5, 5.41) is 3.18. The topological polar surface area (TPSA) is 16.1 Å². The molecule has 0 radical (unpaired) electrons. The maximum absolute atomic E-state index is 5.73. The molecule has 0 aliphatic carbocycles. The molecular weight excluding hydrogens is 216 g/mol. The second-order valence-corrected chi connectivity index (χ2v) is 5.69. The molecule has 1 aliphatic rings. The van der Waals surface area contributed by atoms with Gasteiger partial charge in [0.15, 0.2) is 5.13 Å². The van der Waals surface area contributed by atoms with Crippen molar-refractivity contribution in [2.75, 3.05) is 18.0 Å². The van der Waals surface area contributed by atoms with E-state index in [1.165, 1.54) is 6.42 Å². The average molecular weight is 231 g/mol. The lowest BCUT2D eigenvalue weighted by Gasteiger charge is -2.18. The fourth-order valence-corrected chi connectivity index (χ4v) is 2.86. The van der Waals surface area contributed by atoms with Crippen LogP contribution in [-0.4, -0.2) is 18.1 Å². The van der Waals surface area contributed by atoms with Crippen molar-refractivity contribution in [1.29, 1.82) is 0 Å². The van der Waals surface area contributed by atoms with Crippen molar-refractivity contribution in [3.8, 4) is 0 Å². The van der Waals surface area contributed by atoms with Gasteiger partial charge in [0.2, 0.25) is 0 Å². The summed E-state index contributed by atoms with van der Waals surface area (Å²) < 4.78 is 0. The molecule has 1 fully saturated rings. The van der Waals surface area contributed by atoms with E-state index in [-0.39, 0.29) is 0 Å². The van der Waals surface area contributed by atoms with E-state index < -0.39 is 0 Å². The molecule has 0 atom stereocenters. The van der Waals surface area contributed by atoms with Crippen molar-refractivity contribution >= 4 is 28.1 Å². The summed E-state index contributed by atoms with van der Waals surface area (Å²) in [6.45, 7) is 6.86. The third-order valence-electron chi connectivity index (χ3n) is 2.62. The van der Waals surface area contributed by atoms with E-state index in [2.05, 4.69) is 23.7 Å². The number of halogens is 1. The smallest absolute Gasteiger partial charge is 0.185 e. The van der Waals surface area contributed by atoms with E-state index in [9.17, 15) is 0 Å². The van der Waals surface area contributed by atoms with Gasteiger partial charge in [-0.3, -0.25) is 0 Å². The number of nitrogens with zero attached hydrogens (tertiary/aromatic N) is 2. The summed E-state index contributed by atoms with van der Waals surface area (Å²) in [7, 11) is 0. The van der Waals surface area contributed by atoms with Crippen molar-refractivity contribution < 1.29 is 0 Å². The Morgan fingerprint density at radius 3 is 2.93 bits per heavy atom. The van der Waals surface area contributed by atoms with Crippen LogP contribution in [0.1, 0.15) is 26.0 Å². The summed E-state index contributed by atoms with van der Waals surface area (Å²) in [4.78, 5) is 6.85. The Morgan fingerprint density at radius 2 is 2.43 bits per heavy atom. The molecule has 78 valence electrons. The molecule has 1 aromatic rings. The molecule has 0 aromatic carbocycles. The standard InChI is InChI=1S/C10H15ClN2S/c1-10(2)3-4-13(7-10)9-12-8(5-11)6-14-9/h6H,3-5,7H2,1-2H3. The SMILES string of the molecule is CC1(C)CCN(c2nc(CCl)cs2)C1. The minimum absolute atomic E-state index is 0.437. The average Bonchev–Trinajstić information content (AvgIpc) is 2.70. The van der Waals surface area contributed by atoms with Crippen molar-refractivity contribution in [3.05, 3.63) is 11.1 Å². The molecule has 1 saturated heterocycles. The van der Waals surface area contributed by atoms with E-state index in [4.69, 9.17) is 11.6 Å². The van der Waals surface area contributed by atoms with Crippen LogP contribution in [0.25, 0.3) is 0 Å². The molecule has 4 heteroatoms. The van der Waals surface area contributed by atoms with Gasteiger partial charge in [0.25, 0.3) is 0 Å². The van der Waals surface area contributed by atoms with Crippen LogP contribution in [0.3, 0.4) is 0 Å². The Kier molecular flexibility index (Phi) is 2.71. The minimum atomic E-state index is 0.437. The first-order chi connectivity index (χ1) is 6.61. The lowest BCUT2D eigenvalue weighted by atomic mass is 9.93. The van der Waals surface area contributed by atoms with Crippen LogP contribution >= 0.6 is 22.9 Å². The molecule has 2 heterocycles. The Labute approximate surface area is 93.9 Å². The van der Waals surface area contributed by atoms with Gasteiger partial charge < -0.3 is 4.90 Å². The van der Waals surface area contributed by atoms with Crippen LogP contribution in [0, 0.1) is 5.41 Å². The second-order valence-electron chi connectivity index (χ2n) is 4.59. The van der Waals surface area contributed by atoms with Gasteiger partial charge in [0.1, 0.15) is 0 Å². The van der Waals surface area contributed by atoms with Crippen LogP contribution in [0.4, 0.5) is 5.13 Å². The summed E-state index contributed by atoms with van der Waals surface area (Å²) in [5.74, 6) is 0.522. The zero-order valence-corrected chi connectivity index (χ0v) is 10.2. The number of hydrogen-bond donors (Lipinski definition) is 0. The van der Waals surface area contributed by atoms with Crippen molar-refractivity contribution in [1.82, 2.24) is 4.98 Å². The van der Waals surface area contributed by atoms with Gasteiger partial charge in [0.05, 0.1) is 11.6 Å². The zero-order chi connectivity index (χ0) is 10.2. The molecule has 0 saturated carbocycles. The van der Waals surface area contributed by atoms with Gasteiger partial charge in [-0.25, -0.2) is 4.98 Å². The van der Waals surface area contributed by atoms with Crippen LogP contribution in [-0.2, 0) is 5.88 Å². The van der Waals surface area contributed by atoms with Crippen LogP contribution in [0.2, 0.25) is 0 Å². The third-order valence-corrected chi connectivity index (χ3v) is 3.85. The maximum Gasteiger partial charge on any atom is 0.185 e. The van der Waals surface area contributed by atoms with Gasteiger partial charge in [-0.05, 0) is 11.8 Å². The first kappa shape index (κ1) is 10.2. The van der Waals surface area contributed by atoms with Gasteiger partial charge in [-0.2, -0.15) is 0 Å². The summed E-state index contributed by atoms with van der Waals surface area (Å²) in [5.41, 5.74) is 1.43. The maximum atomic E-state index is 5.73. The molecule has 2 rings (SSSR count). The largest absolute Gasteiger partial charge is 0.348 e. The molecule has 0 bridgehead atoms. The molecule has 1 aliphatic heterocycles. The predicted octanol–water partition coefficient (Wildman–Crippen LogP) is 3.12. The first-order valence-corrected chi connectivity index (χ1v) is 6.27. The Balaban J connectivity index is 2.09. The third kappa shape index (κ3) is 2.04. The van der Waals surface area contributed by atoms with Crippen LogP contribution in [0.15, 0.2) is 5.38 Å². The van der Waals surface area contributed by atoms with E-state index in [1.54, 1.807) is 11.3 Å².